The summed E-state index contributed by atoms with van der Waals surface area (Å²) in [5.41, 5.74) is 3.78. The smallest absolute Gasteiger partial charge is 0.281 e. The molecule has 0 aliphatic heterocycles. The average Bonchev–Trinajstić information content (AvgIpc) is 3.56. The highest BCUT2D eigenvalue weighted by Gasteiger charge is 2.24. The van der Waals surface area contributed by atoms with Crippen molar-refractivity contribution in [3.05, 3.63) is 84.4 Å². The molecule has 10 heteroatoms. The van der Waals surface area contributed by atoms with Crippen molar-refractivity contribution >= 4 is 0 Å². The van der Waals surface area contributed by atoms with Gasteiger partial charge in [-0.3, -0.25) is 4.98 Å². The van der Waals surface area contributed by atoms with Crippen LogP contribution in [0.5, 0.6) is 0 Å². The van der Waals surface area contributed by atoms with Gasteiger partial charge in [0.25, 0.3) is 5.89 Å². The van der Waals surface area contributed by atoms with Crippen LogP contribution in [-0.2, 0) is 11.3 Å². The van der Waals surface area contributed by atoms with E-state index in [1.54, 1.807) is 49.8 Å². The lowest BCUT2D eigenvalue weighted by molar-refractivity contribution is 0.199. The van der Waals surface area contributed by atoms with Gasteiger partial charge in [0, 0.05) is 43.7 Å². The molecule has 5 aromatic rings. The zero-order valence-corrected chi connectivity index (χ0v) is 18.9. The van der Waals surface area contributed by atoms with E-state index >= 15 is 0 Å². The first-order valence-electron chi connectivity index (χ1n) is 11.0. The minimum atomic E-state index is -0.428. The van der Waals surface area contributed by atoms with Gasteiger partial charge in [0.05, 0.1) is 6.61 Å². The van der Waals surface area contributed by atoms with Crippen molar-refractivity contribution in [2.45, 2.75) is 6.54 Å². The van der Waals surface area contributed by atoms with Gasteiger partial charge in [-0.05, 0) is 29.8 Å². The lowest BCUT2D eigenvalue weighted by atomic mass is 10.1. The van der Waals surface area contributed by atoms with Crippen LogP contribution < -0.4 is 5.32 Å². The molecule has 0 aliphatic carbocycles. The minimum Gasteiger partial charge on any atom is -0.383 e. The van der Waals surface area contributed by atoms with Crippen molar-refractivity contribution in [2.24, 2.45) is 0 Å². The fraction of sp³-hybridized carbons (Fsp3) is 0.160. The lowest BCUT2D eigenvalue weighted by Gasteiger charge is -2.08. The molecule has 176 valence electrons. The average molecular weight is 471 g/mol. The third kappa shape index (κ3) is 4.84. The Balaban J connectivity index is 1.47. The van der Waals surface area contributed by atoms with Gasteiger partial charge < -0.3 is 14.6 Å². The lowest BCUT2D eigenvalue weighted by Crippen LogP contribution is -2.18. The van der Waals surface area contributed by atoms with E-state index in [0.717, 1.165) is 29.8 Å². The van der Waals surface area contributed by atoms with E-state index in [1.807, 2.05) is 24.3 Å². The van der Waals surface area contributed by atoms with Crippen molar-refractivity contribution in [1.29, 1.82) is 0 Å². The topological polar surface area (TPSA) is 104 Å². The fourth-order valence-corrected chi connectivity index (χ4v) is 3.60. The number of para-hydroxylation sites is 1. The minimum absolute atomic E-state index is 0.180. The Morgan fingerprint density at radius 2 is 1.80 bits per heavy atom. The van der Waals surface area contributed by atoms with E-state index in [2.05, 4.69) is 30.8 Å². The maximum absolute atomic E-state index is 14.6. The van der Waals surface area contributed by atoms with Gasteiger partial charge in [-0.15, -0.1) is 5.10 Å². The Labute approximate surface area is 200 Å². The molecule has 0 amide bonds. The summed E-state index contributed by atoms with van der Waals surface area (Å²) in [5.74, 6) is 0.169. The maximum atomic E-state index is 14.6. The Morgan fingerprint density at radius 3 is 2.57 bits per heavy atom. The Morgan fingerprint density at radius 1 is 1.00 bits per heavy atom. The molecule has 0 bridgehead atoms. The summed E-state index contributed by atoms with van der Waals surface area (Å²) in [6, 6.07) is 17.8. The van der Waals surface area contributed by atoms with Crippen LogP contribution in [0.4, 0.5) is 4.39 Å². The fourth-order valence-electron chi connectivity index (χ4n) is 3.60. The van der Waals surface area contributed by atoms with Crippen LogP contribution >= 0.6 is 0 Å². The van der Waals surface area contributed by atoms with Crippen LogP contribution in [-0.4, -0.2) is 50.4 Å². The predicted molar refractivity (Wildman–Crippen MR) is 127 cm³/mol. The monoisotopic (exact) mass is 471 g/mol. The molecule has 0 atom stereocenters. The number of benzene rings is 2. The molecule has 0 saturated carbocycles. The Bertz CT molecular complexity index is 1400. The highest BCUT2D eigenvalue weighted by molar-refractivity contribution is 5.76. The quantitative estimate of drug-likeness (QED) is 0.323. The number of hydrogen-bond donors (Lipinski definition) is 1. The van der Waals surface area contributed by atoms with Crippen LogP contribution in [0.2, 0.25) is 0 Å². The van der Waals surface area contributed by atoms with Crippen LogP contribution in [0.1, 0.15) is 5.56 Å². The molecular formula is C25H22FN7O2. The molecule has 3 aromatic heterocycles. The second kappa shape index (κ2) is 10.3. The second-order valence-corrected chi connectivity index (χ2v) is 7.68. The van der Waals surface area contributed by atoms with E-state index in [-0.39, 0.29) is 11.6 Å². The Hall–Kier alpha value is -4.28. The van der Waals surface area contributed by atoms with Crippen molar-refractivity contribution in [1.82, 2.24) is 35.4 Å². The molecule has 0 radical (unpaired) electrons. The van der Waals surface area contributed by atoms with E-state index in [9.17, 15) is 4.39 Å². The maximum Gasteiger partial charge on any atom is 0.281 e. The van der Waals surface area contributed by atoms with Gasteiger partial charge in [-0.1, -0.05) is 46.8 Å². The number of hydrogen-bond acceptors (Lipinski definition) is 8. The van der Waals surface area contributed by atoms with Gasteiger partial charge in [0.15, 0.2) is 5.69 Å². The number of nitrogens with one attached hydrogen (secondary N) is 1. The number of nitrogens with zero attached hydrogens (tertiary/aromatic N) is 6. The first-order valence-corrected chi connectivity index (χ1v) is 11.0. The van der Waals surface area contributed by atoms with Crippen molar-refractivity contribution < 1.29 is 13.7 Å². The third-order valence-electron chi connectivity index (χ3n) is 5.36. The summed E-state index contributed by atoms with van der Waals surface area (Å²) in [4.78, 5) is 8.62. The summed E-state index contributed by atoms with van der Waals surface area (Å²) >= 11 is 0. The van der Waals surface area contributed by atoms with E-state index in [1.165, 1.54) is 10.7 Å². The predicted octanol–water partition coefficient (Wildman–Crippen LogP) is 3.92. The van der Waals surface area contributed by atoms with Crippen LogP contribution in [0.3, 0.4) is 0 Å². The van der Waals surface area contributed by atoms with Crippen molar-refractivity contribution in [2.75, 3.05) is 20.3 Å². The molecule has 0 aliphatic rings. The molecule has 0 unspecified atom stereocenters. The zero-order chi connectivity index (χ0) is 24.0. The molecular weight excluding hydrogens is 449 g/mol. The van der Waals surface area contributed by atoms with E-state index < -0.39 is 5.82 Å². The van der Waals surface area contributed by atoms with Gasteiger partial charge in [0.1, 0.15) is 17.2 Å². The molecule has 35 heavy (non-hydrogen) atoms. The summed E-state index contributed by atoms with van der Waals surface area (Å²) in [6.07, 6.45) is 3.28. The number of methoxy groups -OCH3 is 1. The normalized spacial score (nSPS) is 11.1. The van der Waals surface area contributed by atoms with Gasteiger partial charge >= 0.3 is 0 Å². The number of pyridine rings is 1. The van der Waals surface area contributed by atoms with E-state index in [4.69, 9.17) is 9.26 Å². The molecule has 1 N–H and O–H groups in total. The second-order valence-electron chi connectivity index (χ2n) is 7.68. The molecule has 2 aromatic carbocycles. The van der Waals surface area contributed by atoms with E-state index in [0.29, 0.717) is 23.8 Å². The standard InChI is InChI=1S/C25H22FN7O2/c1-34-15-14-28-16-17-6-8-19(9-7-17)24-29-25(35-31-24)22-23(18-10-12-27-13-11-18)33(32-30-22)21-5-3-2-4-20(21)26/h2-13,28H,14-16H2,1H3. The first-order chi connectivity index (χ1) is 17.2. The van der Waals surface area contributed by atoms with Gasteiger partial charge in [-0.2, -0.15) is 4.98 Å². The highest BCUT2D eigenvalue weighted by Crippen LogP contribution is 2.32. The van der Waals surface area contributed by atoms with Crippen molar-refractivity contribution in [3.8, 4) is 39.9 Å². The SMILES string of the molecule is COCCNCc1ccc(-c2noc(-c3nnn(-c4ccccc4F)c3-c3ccncc3)n2)cc1. The van der Waals surface area contributed by atoms with Crippen molar-refractivity contribution in [3.63, 3.8) is 0 Å². The third-order valence-corrected chi connectivity index (χ3v) is 5.36. The molecule has 0 spiro atoms. The molecule has 5 rings (SSSR count). The molecule has 0 fully saturated rings. The molecule has 3 heterocycles. The van der Waals surface area contributed by atoms with Gasteiger partial charge in [-0.25, -0.2) is 9.07 Å². The highest BCUT2D eigenvalue weighted by atomic mass is 19.1. The van der Waals surface area contributed by atoms with Crippen LogP contribution in [0.15, 0.2) is 77.6 Å². The zero-order valence-electron chi connectivity index (χ0n) is 18.9. The summed E-state index contributed by atoms with van der Waals surface area (Å²) in [6.45, 7) is 2.17. The largest absolute Gasteiger partial charge is 0.383 e. The summed E-state index contributed by atoms with van der Waals surface area (Å²) in [7, 11) is 1.68. The summed E-state index contributed by atoms with van der Waals surface area (Å²) in [5, 5.41) is 15.9. The molecule has 9 nitrogen and oxygen atoms in total. The Kier molecular flexibility index (Phi) is 6.64. The number of halogens is 1. The first kappa shape index (κ1) is 22.5. The van der Waals surface area contributed by atoms with Crippen LogP contribution in [0.25, 0.3) is 39.9 Å². The van der Waals surface area contributed by atoms with Gasteiger partial charge in [0.2, 0.25) is 5.82 Å². The molecule has 0 saturated heterocycles. The van der Waals surface area contributed by atoms with Crippen LogP contribution in [0, 0.1) is 5.82 Å². The number of ether oxygens (including phenoxy) is 1. The summed E-state index contributed by atoms with van der Waals surface area (Å²) < 4.78 is 26.6. The number of rotatable bonds is 9. The number of aromatic nitrogens is 6.